The molecule has 0 aliphatic heterocycles. The number of nitrogens with zero attached hydrogens (tertiary/aromatic N) is 1. The Morgan fingerprint density at radius 1 is 0.920 bits per heavy atom. The third-order valence-corrected chi connectivity index (χ3v) is 4.90. The summed E-state index contributed by atoms with van der Waals surface area (Å²) in [5.41, 5.74) is 1.23. The fourth-order valence-corrected chi connectivity index (χ4v) is 3.37. The summed E-state index contributed by atoms with van der Waals surface area (Å²) >= 11 is 1.57. The van der Waals surface area contributed by atoms with Crippen LogP contribution in [0.15, 0.2) is 88.4 Å². The standard InChI is InChI=1S/C21H21NO2S/c23-21(17-25-20-11-5-2-6-12-20)22(16-19-10-7-15-24-19)14-13-18-8-3-1-4-9-18/h1-12,15H,13-14,16-17H2. The molecule has 1 aromatic heterocycles. The topological polar surface area (TPSA) is 33.5 Å². The van der Waals surface area contributed by atoms with Crippen LogP contribution >= 0.6 is 11.8 Å². The Bertz CT molecular complexity index is 757. The van der Waals surface area contributed by atoms with Crippen LogP contribution in [0.1, 0.15) is 11.3 Å². The molecule has 4 heteroatoms. The van der Waals surface area contributed by atoms with Crippen LogP contribution in [0.5, 0.6) is 0 Å². The van der Waals surface area contributed by atoms with Gasteiger partial charge in [0.1, 0.15) is 5.76 Å². The average molecular weight is 351 g/mol. The van der Waals surface area contributed by atoms with Crippen LogP contribution in [0.2, 0.25) is 0 Å². The molecule has 3 rings (SSSR count). The second-order valence-corrected chi connectivity index (χ2v) is 6.78. The summed E-state index contributed by atoms with van der Waals surface area (Å²) in [6.45, 7) is 1.19. The molecule has 0 atom stereocenters. The van der Waals surface area contributed by atoms with Gasteiger partial charge in [-0.2, -0.15) is 0 Å². The zero-order chi connectivity index (χ0) is 17.3. The SMILES string of the molecule is O=C(CSc1ccccc1)N(CCc1ccccc1)Cc1ccco1. The van der Waals surface area contributed by atoms with Gasteiger partial charge >= 0.3 is 0 Å². The van der Waals surface area contributed by atoms with Gasteiger partial charge in [-0.25, -0.2) is 0 Å². The Labute approximate surface area is 152 Å². The van der Waals surface area contributed by atoms with Crippen molar-refractivity contribution in [1.29, 1.82) is 0 Å². The molecule has 0 radical (unpaired) electrons. The van der Waals surface area contributed by atoms with Gasteiger partial charge in [0.25, 0.3) is 0 Å². The van der Waals surface area contributed by atoms with E-state index >= 15 is 0 Å². The molecule has 0 unspecified atom stereocenters. The lowest BCUT2D eigenvalue weighted by Gasteiger charge is -2.21. The lowest BCUT2D eigenvalue weighted by molar-refractivity contribution is -0.129. The van der Waals surface area contributed by atoms with E-state index < -0.39 is 0 Å². The molecule has 1 amide bonds. The van der Waals surface area contributed by atoms with Crippen LogP contribution in [0.3, 0.4) is 0 Å². The fourth-order valence-electron chi connectivity index (χ4n) is 2.54. The number of hydrogen-bond acceptors (Lipinski definition) is 3. The summed E-state index contributed by atoms with van der Waals surface area (Å²) in [6.07, 6.45) is 2.48. The van der Waals surface area contributed by atoms with Gasteiger partial charge in [-0.15, -0.1) is 11.8 Å². The van der Waals surface area contributed by atoms with Crippen LogP contribution in [-0.4, -0.2) is 23.1 Å². The lowest BCUT2D eigenvalue weighted by Crippen LogP contribution is -2.33. The zero-order valence-electron chi connectivity index (χ0n) is 14.0. The van der Waals surface area contributed by atoms with Crippen molar-refractivity contribution in [3.05, 3.63) is 90.4 Å². The van der Waals surface area contributed by atoms with Gasteiger partial charge in [0.15, 0.2) is 0 Å². The van der Waals surface area contributed by atoms with E-state index in [0.29, 0.717) is 18.8 Å². The highest BCUT2D eigenvalue weighted by Crippen LogP contribution is 2.18. The number of carbonyl (C=O) groups is 1. The number of carbonyl (C=O) groups excluding carboxylic acids is 1. The van der Waals surface area contributed by atoms with Crippen LogP contribution in [0.25, 0.3) is 0 Å². The minimum Gasteiger partial charge on any atom is -0.467 e. The Morgan fingerprint density at radius 3 is 2.32 bits per heavy atom. The molecule has 25 heavy (non-hydrogen) atoms. The Hall–Kier alpha value is -2.46. The van der Waals surface area contributed by atoms with Gasteiger partial charge < -0.3 is 9.32 Å². The first kappa shape index (κ1) is 17.4. The monoisotopic (exact) mass is 351 g/mol. The van der Waals surface area contributed by atoms with Crippen molar-refractivity contribution in [3.8, 4) is 0 Å². The van der Waals surface area contributed by atoms with E-state index in [4.69, 9.17) is 4.42 Å². The normalized spacial score (nSPS) is 10.6. The highest BCUT2D eigenvalue weighted by Gasteiger charge is 2.15. The van der Waals surface area contributed by atoms with E-state index in [1.54, 1.807) is 18.0 Å². The van der Waals surface area contributed by atoms with E-state index in [1.807, 2.05) is 65.6 Å². The van der Waals surface area contributed by atoms with E-state index in [1.165, 1.54) is 5.56 Å². The maximum Gasteiger partial charge on any atom is 0.233 e. The van der Waals surface area contributed by atoms with Crippen molar-refractivity contribution in [3.63, 3.8) is 0 Å². The number of benzene rings is 2. The van der Waals surface area contributed by atoms with E-state index in [2.05, 4.69) is 12.1 Å². The Morgan fingerprint density at radius 2 is 1.64 bits per heavy atom. The van der Waals surface area contributed by atoms with Crippen molar-refractivity contribution in [2.75, 3.05) is 12.3 Å². The maximum atomic E-state index is 12.7. The predicted octanol–water partition coefficient (Wildman–Crippen LogP) is 4.64. The molecular weight excluding hydrogens is 330 g/mol. The van der Waals surface area contributed by atoms with Crippen molar-refractivity contribution >= 4 is 17.7 Å². The number of hydrogen-bond donors (Lipinski definition) is 0. The molecule has 3 aromatic rings. The molecule has 3 nitrogen and oxygen atoms in total. The molecular formula is C21H21NO2S. The highest BCUT2D eigenvalue weighted by molar-refractivity contribution is 8.00. The number of rotatable bonds is 8. The van der Waals surface area contributed by atoms with E-state index in [-0.39, 0.29) is 5.91 Å². The van der Waals surface area contributed by atoms with Crippen molar-refractivity contribution in [2.45, 2.75) is 17.9 Å². The zero-order valence-corrected chi connectivity index (χ0v) is 14.8. The van der Waals surface area contributed by atoms with E-state index in [0.717, 1.165) is 17.1 Å². The van der Waals surface area contributed by atoms with E-state index in [9.17, 15) is 4.79 Å². The molecule has 0 N–H and O–H groups in total. The van der Waals surface area contributed by atoms with Gasteiger partial charge in [0.2, 0.25) is 5.91 Å². The van der Waals surface area contributed by atoms with Gasteiger partial charge in [-0.3, -0.25) is 4.79 Å². The first-order chi connectivity index (χ1) is 12.3. The Balaban J connectivity index is 1.61. The molecule has 0 spiro atoms. The first-order valence-corrected chi connectivity index (χ1v) is 9.32. The third kappa shape index (κ3) is 5.54. The van der Waals surface area contributed by atoms with Gasteiger partial charge in [0.05, 0.1) is 18.6 Å². The van der Waals surface area contributed by atoms with Crippen LogP contribution in [-0.2, 0) is 17.8 Å². The minimum atomic E-state index is 0.126. The minimum absolute atomic E-state index is 0.126. The number of amides is 1. The molecule has 0 bridgehead atoms. The molecule has 0 saturated carbocycles. The Kier molecular flexibility index (Phi) is 6.35. The molecule has 0 aliphatic carbocycles. The molecule has 128 valence electrons. The molecule has 1 heterocycles. The van der Waals surface area contributed by atoms with Gasteiger partial charge in [-0.05, 0) is 36.2 Å². The first-order valence-electron chi connectivity index (χ1n) is 8.33. The van der Waals surface area contributed by atoms with Crippen LogP contribution in [0, 0.1) is 0 Å². The lowest BCUT2D eigenvalue weighted by atomic mass is 10.1. The summed E-state index contributed by atoms with van der Waals surface area (Å²) < 4.78 is 5.43. The highest BCUT2D eigenvalue weighted by atomic mass is 32.2. The van der Waals surface area contributed by atoms with Gasteiger partial charge in [-0.1, -0.05) is 48.5 Å². The summed E-state index contributed by atoms with van der Waals surface area (Å²) in [7, 11) is 0. The molecule has 0 aliphatic rings. The quantitative estimate of drug-likeness (QED) is 0.554. The molecule has 0 saturated heterocycles. The summed E-state index contributed by atoms with van der Waals surface area (Å²) in [4.78, 5) is 15.7. The predicted molar refractivity (Wildman–Crippen MR) is 101 cm³/mol. The fraction of sp³-hybridized carbons (Fsp3) is 0.190. The van der Waals surface area contributed by atoms with Gasteiger partial charge in [0, 0.05) is 11.4 Å². The summed E-state index contributed by atoms with van der Waals surface area (Å²) in [5.74, 6) is 1.37. The second kappa shape index (κ2) is 9.14. The molecule has 0 fully saturated rings. The van der Waals surface area contributed by atoms with Crippen molar-refractivity contribution in [1.82, 2.24) is 4.90 Å². The summed E-state index contributed by atoms with van der Waals surface area (Å²) in [5, 5.41) is 0. The number of furan rings is 1. The van der Waals surface area contributed by atoms with Crippen LogP contribution < -0.4 is 0 Å². The average Bonchev–Trinajstić information content (AvgIpc) is 3.18. The maximum absolute atomic E-state index is 12.7. The molecule has 2 aromatic carbocycles. The summed E-state index contributed by atoms with van der Waals surface area (Å²) in [6, 6.07) is 24.0. The van der Waals surface area contributed by atoms with Crippen molar-refractivity contribution < 1.29 is 9.21 Å². The smallest absolute Gasteiger partial charge is 0.233 e. The third-order valence-electron chi connectivity index (χ3n) is 3.90. The van der Waals surface area contributed by atoms with Crippen molar-refractivity contribution in [2.24, 2.45) is 0 Å². The number of thioether (sulfide) groups is 1. The largest absolute Gasteiger partial charge is 0.467 e. The van der Waals surface area contributed by atoms with Crippen LogP contribution in [0.4, 0.5) is 0 Å². The second-order valence-electron chi connectivity index (χ2n) is 5.73.